The lowest BCUT2D eigenvalue weighted by molar-refractivity contribution is 0.480. The van der Waals surface area contributed by atoms with Crippen LogP contribution in [0.3, 0.4) is 0 Å². The van der Waals surface area contributed by atoms with E-state index in [2.05, 4.69) is 20.6 Å². The van der Waals surface area contributed by atoms with Crippen molar-refractivity contribution in [2.45, 2.75) is 13.1 Å². The van der Waals surface area contributed by atoms with Crippen LogP contribution in [0.2, 0.25) is 0 Å². The fourth-order valence-electron chi connectivity index (χ4n) is 1.78. The standard InChI is InChI=1S/C14H26N8S2/c1-21(13(15)23)5-3-17-8-11-7-12(20-10-19-11)9-18-4-6-22(2)14(16)24/h7,10,17-18H,3-6,8-9H2,1-2H3,(H2,15,23)(H2,16,24). The summed E-state index contributed by atoms with van der Waals surface area (Å²) in [5.74, 6) is 0. The molecule has 0 aliphatic carbocycles. The maximum Gasteiger partial charge on any atom is 0.166 e. The Morgan fingerprint density at radius 2 is 1.38 bits per heavy atom. The molecular weight excluding hydrogens is 344 g/mol. The number of nitrogens with zero attached hydrogens (tertiary/aromatic N) is 4. The number of hydrogen-bond donors (Lipinski definition) is 4. The van der Waals surface area contributed by atoms with Gasteiger partial charge in [-0.3, -0.25) is 0 Å². The summed E-state index contributed by atoms with van der Waals surface area (Å²) in [6.07, 6.45) is 1.58. The third kappa shape index (κ3) is 8.29. The Bertz CT molecular complexity index is 496. The number of likely N-dealkylation sites (N-methyl/N-ethyl adjacent to an activating group) is 2. The number of aromatic nitrogens is 2. The summed E-state index contributed by atoms with van der Waals surface area (Å²) in [7, 11) is 3.74. The van der Waals surface area contributed by atoms with Crippen LogP contribution >= 0.6 is 24.4 Å². The van der Waals surface area contributed by atoms with Crippen LogP contribution in [-0.4, -0.2) is 70.3 Å². The minimum atomic E-state index is 0.397. The van der Waals surface area contributed by atoms with Gasteiger partial charge in [0.25, 0.3) is 0 Å². The smallest absolute Gasteiger partial charge is 0.166 e. The molecule has 0 atom stereocenters. The van der Waals surface area contributed by atoms with Crippen molar-refractivity contribution in [3.8, 4) is 0 Å². The summed E-state index contributed by atoms with van der Waals surface area (Å²) in [4.78, 5) is 12.2. The zero-order chi connectivity index (χ0) is 17.9. The Morgan fingerprint density at radius 3 is 1.75 bits per heavy atom. The first-order chi connectivity index (χ1) is 11.4. The zero-order valence-electron chi connectivity index (χ0n) is 14.2. The number of nitrogens with two attached hydrogens (primary N) is 2. The van der Waals surface area contributed by atoms with E-state index in [1.54, 1.807) is 6.33 Å². The molecule has 24 heavy (non-hydrogen) atoms. The van der Waals surface area contributed by atoms with Gasteiger partial charge in [-0.05, 0) is 30.5 Å². The van der Waals surface area contributed by atoms with Gasteiger partial charge in [-0.25, -0.2) is 9.97 Å². The second-order valence-electron chi connectivity index (χ2n) is 5.37. The van der Waals surface area contributed by atoms with Crippen LogP contribution in [0.15, 0.2) is 12.4 Å². The summed E-state index contributed by atoms with van der Waals surface area (Å²) in [5, 5.41) is 7.41. The van der Waals surface area contributed by atoms with Gasteiger partial charge in [-0.2, -0.15) is 0 Å². The Kier molecular flexibility index (Phi) is 9.38. The summed E-state index contributed by atoms with van der Waals surface area (Å²) < 4.78 is 0. The molecule has 1 heterocycles. The monoisotopic (exact) mass is 370 g/mol. The van der Waals surface area contributed by atoms with E-state index in [0.717, 1.165) is 37.6 Å². The van der Waals surface area contributed by atoms with Crippen LogP contribution < -0.4 is 22.1 Å². The topological polar surface area (TPSA) is 108 Å². The SMILES string of the molecule is CN(CCNCc1cc(CNCCN(C)C(N)=S)ncn1)C(N)=S. The highest BCUT2D eigenvalue weighted by Crippen LogP contribution is 1.98. The molecule has 0 spiro atoms. The fraction of sp³-hybridized carbons (Fsp3) is 0.571. The van der Waals surface area contributed by atoms with E-state index in [1.807, 2.05) is 30.0 Å². The summed E-state index contributed by atoms with van der Waals surface area (Å²) in [6, 6.07) is 1.98. The van der Waals surface area contributed by atoms with E-state index in [1.165, 1.54) is 0 Å². The lowest BCUT2D eigenvalue weighted by atomic mass is 10.3. The van der Waals surface area contributed by atoms with Gasteiger partial charge in [-0.1, -0.05) is 0 Å². The Labute approximate surface area is 154 Å². The predicted octanol–water partition coefficient (Wildman–Crippen LogP) is -0.993. The minimum absolute atomic E-state index is 0.397. The van der Waals surface area contributed by atoms with E-state index in [0.29, 0.717) is 23.3 Å². The van der Waals surface area contributed by atoms with E-state index in [9.17, 15) is 0 Å². The van der Waals surface area contributed by atoms with E-state index >= 15 is 0 Å². The van der Waals surface area contributed by atoms with Crippen LogP contribution in [0.1, 0.15) is 11.4 Å². The number of nitrogens with one attached hydrogen (secondary N) is 2. The van der Waals surface area contributed by atoms with Gasteiger partial charge in [0.2, 0.25) is 0 Å². The first-order valence-electron chi connectivity index (χ1n) is 7.62. The molecule has 0 aromatic carbocycles. The number of thiocarbonyl (C=S) groups is 2. The molecule has 8 nitrogen and oxygen atoms in total. The highest BCUT2D eigenvalue weighted by Gasteiger charge is 2.02. The highest BCUT2D eigenvalue weighted by atomic mass is 32.1. The molecule has 0 radical (unpaired) electrons. The molecule has 134 valence electrons. The molecular formula is C14H26N8S2. The maximum atomic E-state index is 5.53. The normalized spacial score (nSPS) is 10.4. The van der Waals surface area contributed by atoms with Crippen molar-refractivity contribution in [1.82, 2.24) is 30.4 Å². The van der Waals surface area contributed by atoms with Crippen LogP contribution in [0.5, 0.6) is 0 Å². The minimum Gasteiger partial charge on any atom is -0.376 e. The molecule has 10 heteroatoms. The van der Waals surface area contributed by atoms with Gasteiger partial charge in [-0.15, -0.1) is 0 Å². The molecule has 0 saturated heterocycles. The average Bonchev–Trinajstić information content (AvgIpc) is 2.55. The largest absolute Gasteiger partial charge is 0.376 e. The average molecular weight is 371 g/mol. The molecule has 0 saturated carbocycles. The Hall–Kier alpha value is -1.62. The van der Waals surface area contributed by atoms with Crippen molar-refractivity contribution in [1.29, 1.82) is 0 Å². The van der Waals surface area contributed by atoms with Gasteiger partial charge in [0, 0.05) is 53.4 Å². The molecule has 1 aromatic rings. The number of rotatable bonds is 10. The van der Waals surface area contributed by atoms with E-state index in [4.69, 9.17) is 35.9 Å². The first kappa shape index (κ1) is 20.4. The van der Waals surface area contributed by atoms with Gasteiger partial charge < -0.3 is 31.9 Å². The Morgan fingerprint density at radius 1 is 0.958 bits per heavy atom. The molecule has 6 N–H and O–H groups in total. The van der Waals surface area contributed by atoms with Gasteiger partial charge in [0.1, 0.15) is 6.33 Å². The van der Waals surface area contributed by atoms with Crippen LogP contribution in [-0.2, 0) is 13.1 Å². The van der Waals surface area contributed by atoms with Gasteiger partial charge in [0.05, 0.1) is 11.4 Å². The maximum absolute atomic E-state index is 5.53. The molecule has 1 rings (SSSR count). The molecule has 0 amide bonds. The van der Waals surface area contributed by atoms with Crippen molar-refractivity contribution in [2.75, 3.05) is 40.3 Å². The fourth-order valence-corrected chi connectivity index (χ4v) is 1.97. The van der Waals surface area contributed by atoms with Gasteiger partial charge in [0.15, 0.2) is 10.2 Å². The van der Waals surface area contributed by atoms with E-state index in [-0.39, 0.29) is 0 Å². The molecule has 0 aliphatic heterocycles. The van der Waals surface area contributed by atoms with Crippen LogP contribution in [0, 0.1) is 0 Å². The molecule has 1 aromatic heterocycles. The third-order valence-corrected chi connectivity index (χ3v) is 4.02. The molecule has 0 bridgehead atoms. The van der Waals surface area contributed by atoms with Crippen molar-refractivity contribution >= 4 is 34.7 Å². The highest BCUT2D eigenvalue weighted by molar-refractivity contribution is 7.80. The van der Waals surface area contributed by atoms with Crippen LogP contribution in [0.4, 0.5) is 0 Å². The summed E-state index contributed by atoms with van der Waals surface area (Å²) in [5.41, 5.74) is 12.9. The van der Waals surface area contributed by atoms with Crippen LogP contribution in [0.25, 0.3) is 0 Å². The van der Waals surface area contributed by atoms with Crippen molar-refractivity contribution in [3.63, 3.8) is 0 Å². The second-order valence-corrected chi connectivity index (χ2v) is 6.21. The third-order valence-electron chi connectivity index (χ3n) is 3.39. The first-order valence-corrected chi connectivity index (χ1v) is 8.44. The lowest BCUT2D eigenvalue weighted by Gasteiger charge is -2.17. The summed E-state index contributed by atoms with van der Waals surface area (Å²) in [6.45, 7) is 4.40. The van der Waals surface area contributed by atoms with Crippen molar-refractivity contribution in [2.24, 2.45) is 11.5 Å². The lowest BCUT2D eigenvalue weighted by Crippen LogP contribution is -2.37. The quantitative estimate of drug-likeness (QED) is 0.303. The Balaban J connectivity index is 2.28. The van der Waals surface area contributed by atoms with Crippen molar-refractivity contribution in [3.05, 3.63) is 23.8 Å². The van der Waals surface area contributed by atoms with Crippen molar-refractivity contribution < 1.29 is 0 Å². The number of hydrogen-bond acceptors (Lipinski definition) is 6. The second kappa shape index (κ2) is 11.0. The zero-order valence-corrected chi connectivity index (χ0v) is 15.8. The molecule has 0 fully saturated rings. The van der Waals surface area contributed by atoms with Gasteiger partial charge >= 0.3 is 0 Å². The summed E-state index contributed by atoms with van der Waals surface area (Å²) >= 11 is 9.78. The predicted molar refractivity (Wildman–Crippen MR) is 104 cm³/mol. The molecule has 0 aliphatic rings. The molecule has 0 unspecified atom stereocenters. The van der Waals surface area contributed by atoms with E-state index < -0.39 is 0 Å².